The van der Waals surface area contributed by atoms with Crippen molar-refractivity contribution in [3.8, 4) is 0 Å². The monoisotopic (exact) mass is 355 g/mol. The molecule has 1 aromatic rings. The summed E-state index contributed by atoms with van der Waals surface area (Å²) in [6.45, 7) is 13.8. The van der Waals surface area contributed by atoms with Crippen molar-refractivity contribution in [1.29, 1.82) is 0 Å². The van der Waals surface area contributed by atoms with Gasteiger partial charge in [-0.3, -0.25) is 5.84 Å². The van der Waals surface area contributed by atoms with E-state index >= 15 is 0 Å². The zero-order chi connectivity index (χ0) is 18.3. The van der Waals surface area contributed by atoms with Gasteiger partial charge in [-0.1, -0.05) is 39.3 Å². The maximum absolute atomic E-state index is 12.0. The number of esters is 1. The van der Waals surface area contributed by atoms with Crippen LogP contribution in [-0.4, -0.2) is 43.8 Å². The van der Waals surface area contributed by atoms with Crippen LogP contribution in [0, 0.1) is 5.41 Å². The van der Waals surface area contributed by atoms with Crippen LogP contribution in [0.5, 0.6) is 0 Å². The molecule has 136 valence electrons. The molecular weight excluding hydrogens is 326 g/mol. The van der Waals surface area contributed by atoms with Crippen molar-refractivity contribution in [1.82, 2.24) is 5.01 Å². The van der Waals surface area contributed by atoms with Crippen LogP contribution >= 0.6 is 11.6 Å². The third-order valence-corrected chi connectivity index (χ3v) is 4.05. The Morgan fingerprint density at radius 1 is 1.29 bits per heavy atom. The molecule has 1 aromatic carbocycles. The topological polar surface area (TPSA) is 58.8 Å². The lowest BCUT2D eigenvalue weighted by atomic mass is 9.93. The number of nitrogens with two attached hydrogens (primary N) is 1. The van der Waals surface area contributed by atoms with Gasteiger partial charge in [0, 0.05) is 31.9 Å². The third-order valence-electron chi connectivity index (χ3n) is 3.72. The summed E-state index contributed by atoms with van der Waals surface area (Å²) in [5.41, 5.74) is 1.44. The maximum atomic E-state index is 12.0. The summed E-state index contributed by atoms with van der Waals surface area (Å²) in [6, 6.07) is 5.50. The van der Waals surface area contributed by atoms with Gasteiger partial charge < -0.3 is 9.64 Å². The van der Waals surface area contributed by atoms with Gasteiger partial charge in [-0.25, -0.2) is 9.80 Å². The predicted octanol–water partition coefficient (Wildman–Crippen LogP) is 3.56. The molecule has 0 atom stereocenters. The molecule has 0 aliphatic carbocycles. The van der Waals surface area contributed by atoms with E-state index in [0.29, 0.717) is 17.2 Å². The Balaban J connectivity index is 0.00000139. The van der Waals surface area contributed by atoms with Crippen LogP contribution in [-0.2, 0) is 4.74 Å². The molecule has 1 aliphatic heterocycles. The van der Waals surface area contributed by atoms with Gasteiger partial charge in [0.1, 0.15) is 0 Å². The normalized spacial score (nSPS) is 17.5. The number of hydrogen-bond donors (Lipinski definition) is 1. The van der Waals surface area contributed by atoms with Gasteiger partial charge in [0.2, 0.25) is 0 Å². The molecule has 0 unspecified atom stereocenters. The van der Waals surface area contributed by atoms with Crippen molar-refractivity contribution in [2.75, 3.05) is 37.7 Å². The van der Waals surface area contributed by atoms with Crippen LogP contribution in [0.25, 0.3) is 0 Å². The first-order valence-electron chi connectivity index (χ1n) is 8.53. The van der Waals surface area contributed by atoms with Crippen molar-refractivity contribution in [3.63, 3.8) is 0 Å². The number of carbonyl (C=O) groups is 1. The molecule has 1 saturated heterocycles. The van der Waals surface area contributed by atoms with E-state index < -0.39 is 0 Å². The van der Waals surface area contributed by atoms with Crippen LogP contribution < -0.4 is 10.7 Å². The number of carbonyl (C=O) groups excluding carboxylic acids is 1. The van der Waals surface area contributed by atoms with Crippen molar-refractivity contribution in [3.05, 3.63) is 28.8 Å². The minimum absolute atomic E-state index is 0.0645. The number of hydrazine groups is 1. The number of ether oxygens (including phenoxy) is 1. The van der Waals surface area contributed by atoms with Crippen molar-refractivity contribution in [2.45, 2.75) is 34.6 Å². The second kappa shape index (κ2) is 9.25. The Bertz CT molecular complexity index is 549. The second-order valence-corrected chi connectivity index (χ2v) is 6.85. The fourth-order valence-corrected chi connectivity index (χ4v) is 3.01. The van der Waals surface area contributed by atoms with Gasteiger partial charge in [0.25, 0.3) is 0 Å². The fourth-order valence-electron chi connectivity index (χ4n) is 2.82. The number of rotatable bonds is 3. The fraction of sp³-hybridized carbons (Fsp3) is 0.611. The third kappa shape index (κ3) is 5.65. The van der Waals surface area contributed by atoms with E-state index in [-0.39, 0.29) is 11.4 Å². The number of halogens is 1. The highest BCUT2D eigenvalue weighted by atomic mass is 35.5. The summed E-state index contributed by atoms with van der Waals surface area (Å²) in [4.78, 5) is 14.2. The molecular formula is C18H30ClN3O2. The quantitative estimate of drug-likeness (QED) is 0.663. The average Bonchev–Trinajstić information content (AvgIpc) is 2.67. The molecule has 24 heavy (non-hydrogen) atoms. The smallest absolute Gasteiger partial charge is 0.339 e. The van der Waals surface area contributed by atoms with Crippen molar-refractivity contribution in [2.24, 2.45) is 11.3 Å². The summed E-state index contributed by atoms with van der Waals surface area (Å²) in [5, 5.41) is 2.26. The lowest BCUT2D eigenvalue weighted by Gasteiger charge is -2.31. The minimum atomic E-state index is -0.385. The molecule has 1 heterocycles. The number of anilines is 1. The Morgan fingerprint density at radius 3 is 2.58 bits per heavy atom. The highest BCUT2D eigenvalue weighted by Crippen LogP contribution is 2.28. The van der Waals surface area contributed by atoms with E-state index in [1.165, 1.54) is 0 Å². The highest BCUT2D eigenvalue weighted by Gasteiger charge is 2.28. The summed E-state index contributed by atoms with van der Waals surface area (Å²) >= 11 is 6.13. The first kappa shape index (κ1) is 20.7. The van der Waals surface area contributed by atoms with Gasteiger partial charge >= 0.3 is 5.97 Å². The molecule has 5 nitrogen and oxygen atoms in total. The van der Waals surface area contributed by atoms with E-state index in [1.807, 2.05) is 31.0 Å². The zero-order valence-corrected chi connectivity index (χ0v) is 16.2. The first-order chi connectivity index (χ1) is 11.3. The standard InChI is InChI=1S/C16H24ClN3O2.C2H6/c1-4-22-15(21)13-9-12(5-6-14(13)17)19-7-8-20(18)11-16(2,3)10-19;1-2/h5-6,9H,4,7-8,10-11,18H2,1-3H3;1-2H3. The van der Waals surface area contributed by atoms with E-state index in [4.69, 9.17) is 22.2 Å². The average molecular weight is 356 g/mol. The summed E-state index contributed by atoms with van der Waals surface area (Å²) in [7, 11) is 0. The van der Waals surface area contributed by atoms with Crippen LogP contribution in [0.2, 0.25) is 5.02 Å². The van der Waals surface area contributed by atoms with E-state index in [2.05, 4.69) is 18.7 Å². The predicted molar refractivity (Wildman–Crippen MR) is 101 cm³/mol. The summed E-state index contributed by atoms with van der Waals surface area (Å²) < 4.78 is 5.06. The van der Waals surface area contributed by atoms with Crippen LogP contribution in [0.15, 0.2) is 18.2 Å². The molecule has 0 bridgehead atoms. The van der Waals surface area contributed by atoms with E-state index in [1.54, 1.807) is 13.0 Å². The lowest BCUT2D eigenvalue weighted by molar-refractivity contribution is 0.0526. The maximum Gasteiger partial charge on any atom is 0.339 e. The molecule has 2 rings (SSSR count). The second-order valence-electron chi connectivity index (χ2n) is 6.44. The molecule has 0 saturated carbocycles. The Morgan fingerprint density at radius 2 is 1.96 bits per heavy atom. The van der Waals surface area contributed by atoms with E-state index in [9.17, 15) is 4.79 Å². The van der Waals surface area contributed by atoms with Crippen molar-refractivity contribution >= 4 is 23.3 Å². The molecule has 1 aliphatic rings. The summed E-state index contributed by atoms with van der Waals surface area (Å²) in [6.07, 6.45) is 0. The Labute approximate surface area is 150 Å². The molecule has 2 N–H and O–H groups in total. The van der Waals surface area contributed by atoms with Crippen LogP contribution in [0.1, 0.15) is 45.0 Å². The number of hydrogen-bond acceptors (Lipinski definition) is 5. The van der Waals surface area contributed by atoms with Gasteiger partial charge in [0.05, 0.1) is 17.2 Å². The minimum Gasteiger partial charge on any atom is -0.462 e. The SMILES string of the molecule is CC.CCOC(=O)c1cc(N2CCN(N)CC(C)(C)C2)ccc1Cl. The Hall–Kier alpha value is -1.30. The van der Waals surface area contributed by atoms with E-state index in [0.717, 1.165) is 31.9 Å². The van der Waals surface area contributed by atoms with Crippen LogP contribution in [0.3, 0.4) is 0 Å². The first-order valence-corrected chi connectivity index (χ1v) is 8.91. The largest absolute Gasteiger partial charge is 0.462 e. The number of nitrogens with zero attached hydrogens (tertiary/aromatic N) is 2. The molecule has 0 spiro atoms. The highest BCUT2D eigenvalue weighted by molar-refractivity contribution is 6.33. The van der Waals surface area contributed by atoms with Gasteiger partial charge in [-0.15, -0.1) is 0 Å². The Kier molecular flexibility index (Phi) is 8.00. The van der Waals surface area contributed by atoms with Gasteiger partial charge in [-0.2, -0.15) is 0 Å². The van der Waals surface area contributed by atoms with Gasteiger partial charge in [0.15, 0.2) is 0 Å². The lowest BCUT2D eigenvalue weighted by Crippen LogP contribution is -2.39. The molecule has 1 fully saturated rings. The molecule has 0 aromatic heterocycles. The molecule has 0 radical (unpaired) electrons. The number of benzene rings is 1. The zero-order valence-electron chi connectivity index (χ0n) is 15.4. The van der Waals surface area contributed by atoms with Gasteiger partial charge in [-0.05, 0) is 30.5 Å². The molecule has 0 amide bonds. The molecule has 6 heteroatoms. The summed E-state index contributed by atoms with van der Waals surface area (Å²) in [5.74, 6) is 5.62. The van der Waals surface area contributed by atoms with Crippen LogP contribution in [0.4, 0.5) is 5.69 Å². The van der Waals surface area contributed by atoms with Crippen molar-refractivity contribution < 1.29 is 9.53 Å².